The monoisotopic (exact) mass is 846 g/mol. The van der Waals surface area contributed by atoms with Crippen molar-refractivity contribution in [3.63, 3.8) is 0 Å². The number of rotatable bonds is 8. The van der Waals surface area contributed by atoms with Crippen LogP contribution in [0.3, 0.4) is 0 Å². The molecule has 1 spiro atoms. The van der Waals surface area contributed by atoms with Crippen molar-refractivity contribution in [3.05, 3.63) is 57.7 Å². The first-order valence-electron chi connectivity index (χ1n) is 18.6. The van der Waals surface area contributed by atoms with Crippen molar-refractivity contribution in [2.24, 2.45) is 10.8 Å². The molecule has 0 radical (unpaired) electrons. The van der Waals surface area contributed by atoms with Crippen LogP contribution < -0.4 is 25.8 Å². The summed E-state index contributed by atoms with van der Waals surface area (Å²) >= 11 is 6.94. The number of thiophene rings is 1. The van der Waals surface area contributed by atoms with Gasteiger partial charge in [-0.15, -0.1) is 11.3 Å². The predicted octanol–water partition coefficient (Wildman–Crippen LogP) is 9.13. The Labute approximate surface area is 335 Å². The van der Waals surface area contributed by atoms with Crippen LogP contribution in [-0.4, -0.2) is 65.2 Å². The second kappa shape index (κ2) is 13.3. The molecule has 1 atom stereocenters. The largest absolute Gasteiger partial charge is 0.490 e. The number of alkyl halides is 5. The number of nitrogens with two attached hydrogens (primary N) is 2. The van der Waals surface area contributed by atoms with Crippen LogP contribution in [0.15, 0.2) is 24.4 Å². The summed E-state index contributed by atoms with van der Waals surface area (Å²) in [7, 11) is 0. The fourth-order valence-corrected chi connectivity index (χ4v) is 9.80. The Morgan fingerprint density at radius 1 is 1.09 bits per heavy atom. The molecule has 10 nitrogen and oxygen atoms in total. The van der Waals surface area contributed by atoms with Crippen molar-refractivity contribution in [2.75, 3.05) is 55.8 Å². The molecule has 2 aliphatic heterocycles. The van der Waals surface area contributed by atoms with E-state index in [0.717, 1.165) is 25.0 Å². The summed E-state index contributed by atoms with van der Waals surface area (Å²) in [6.45, 7) is 2.96. The average molecular weight is 847 g/mol. The van der Waals surface area contributed by atoms with Gasteiger partial charge >= 0.3 is 12.2 Å². The molecular formula is C39H34ClF7N8O2S. The Kier molecular flexibility index (Phi) is 8.88. The van der Waals surface area contributed by atoms with E-state index >= 15 is 22.0 Å². The Balaban J connectivity index is 1.20. The molecule has 2 aliphatic carbocycles. The number of nitrogens with zero attached hydrogens (tertiary/aromatic N) is 6. The van der Waals surface area contributed by atoms with E-state index in [0.29, 0.717) is 49.4 Å². The molecule has 2 aromatic carbocycles. The standard InChI is InChI=1S/C39H34ClF7N8O2S/c1-18(21-12-19(40)14-51-32(21)49)55-10-11-56-30-26-29(28(42)25(27(30)39(45,46)47)20-2-3-23(41)31-24(20)22(13-48)33(50)58-31)52-35(53-34(26)55)57-17-36(4-5-36)16-54-8-6-37(7-9-54)15-38(37,43)44/h2-3,12,14,18H,4-11,15-17,50H2,1H3,(H2,49,51)/t18-/m1/s1. The molecule has 304 valence electrons. The number of piperidine rings is 1. The minimum Gasteiger partial charge on any atom is -0.490 e. The van der Waals surface area contributed by atoms with Crippen molar-refractivity contribution >= 4 is 60.6 Å². The highest BCUT2D eigenvalue weighted by molar-refractivity contribution is 7.23. The van der Waals surface area contributed by atoms with Crippen molar-refractivity contribution in [1.29, 1.82) is 5.26 Å². The number of likely N-dealkylation sites (tertiary alicyclic amines) is 1. The fraction of sp³-hybridized carbons (Fsp3) is 0.436. The Morgan fingerprint density at radius 3 is 2.47 bits per heavy atom. The van der Waals surface area contributed by atoms with Gasteiger partial charge in [-0.2, -0.15) is 28.4 Å². The zero-order chi connectivity index (χ0) is 41.1. The molecule has 4 aliphatic rings. The van der Waals surface area contributed by atoms with E-state index in [1.165, 1.54) is 6.20 Å². The second-order valence-electron chi connectivity index (χ2n) is 15.8. The molecule has 0 amide bonds. The first kappa shape index (κ1) is 38.6. The number of hydrogen-bond donors (Lipinski definition) is 2. The molecule has 19 heteroatoms. The summed E-state index contributed by atoms with van der Waals surface area (Å²) in [6, 6.07) is 4.16. The summed E-state index contributed by atoms with van der Waals surface area (Å²) in [5, 5.41) is 9.37. The highest BCUT2D eigenvalue weighted by Crippen LogP contribution is 2.66. The minimum absolute atomic E-state index is 0.0627. The third-order valence-electron chi connectivity index (χ3n) is 12.2. The van der Waals surface area contributed by atoms with E-state index in [1.807, 2.05) is 6.07 Å². The number of nitriles is 1. The molecule has 5 heterocycles. The summed E-state index contributed by atoms with van der Waals surface area (Å²) < 4.78 is 119. The van der Waals surface area contributed by atoms with Crippen LogP contribution in [0.4, 0.5) is 47.4 Å². The van der Waals surface area contributed by atoms with Gasteiger partial charge in [0, 0.05) is 46.5 Å². The van der Waals surface area contributed by atoms with Gasteiger partial charge in [0.15, 0.2) is 5.82 Å². The topological polar surface area (TPSA) is 139 Å². The van der Waals surface area contributed by atoms with Crippen LogP contribution in [0.2, 0.25) is 5.02 Å². The fourth-order valence-electron chi connectivity index (χ4n) is 8.69. The molecule has 9 rings (SSSR count). The van der Waals surface area contributed by atoms with E-state index < -0.39 is 68.5 Å². The second-order valence-corrected chi connectivity index (χ2v) is 17.3. The Bertz CT molecular complexity index is 2570. The Morgan fingerprint density at radius 2 is 1.81 bits per heavy atom. The third kappa shape index (κ3) is 6.19. The summed E-state index contributed by atoms with van der Waals surface area (Å²) in [5.74, 6) is -5.74. The van der Waals surface area contributed by atoms with Gasteiger partial charge in [-0.25, -0.2) is 22.5 Å². The minimum atomic E-state index is -5.26. The molecule has 1 saturated heterocycles. The lowest BCUT2D eigenvalue weighted by Gasteiger charge is -2.34. The van der Waals surface area contributed by atoms with Crippen LogP contribution in [0.1, 0.15) is 61.8 Å². The van der Waals surface area contributed by atoms with E-state index in [2.05, 4.69) is 19.9 Å². The van der Waals surface area contributed by atoms with Gasteiger partial charge in [-0.1, -0.05) is 17.7 Å². The van der Waals surface area contributed by atoms with Crippen LogP contribution in [0, 0.1) is 33.8 Å². The van der Waals surface area contributed by atoms with E-state index in [9.17, 15) is 14.0 Å². The number of aromatic nitrogens is 3. The number of ether oxygens (including phenoxy) is 2. The predicted molar refractivity (Wildman–Crippen MR) is 204 cm³/mol. The number of pyridine rings is 1. The molecule has 58 heavy (non-hydrogen) atoms. The summed E-state index contributed by atoms with van der Waals surface area (Å²) in [4.78, 5) is 16.9. The smallest absolute Gasteiger partial charge is 0.420 e. The van der Waals surface area contributed by atoms with Gasteiger partial charge < -0.3 is 30.7 Å². The third-order valence-corrected chi connectivity index (χ3v) is 13.4. The van der Waals surface area contributed by atoms with Crippen LogP contribution in [0.5, 0.6) is 11.8 Å². The first-order valence-corrected chi connectivity index (χ1v) is 19.7. The lowest BCUT2D eigenvalue weighted by molar-refractivity contribution is -0.138. The number of halogens is 8. The number of fused-ring (bicyclic) bond motifs is 1. The number of hydrogen-bond acceptors (Lipinski definition) is 11. The van der Waals surface area contributed by atoms with Crippen LogP contribution in [-0.2, 0) is 6.18 Å². The van der Waals surface area contributed by atoms with Gasteiger partial charge in [-0.05, 0) is 63.4 Å². The van der Waals surface area contributed by atoms with Gasteiger partial charge in [0.2, 0.25) is 0 Å². The Hall–Kier alpha value is -4.86. The maximum atomic E-state index is 17.5. The molecule has 3 fully saturated rings. The molecular weight excluding hydrogens is 813 g/mol. The maximum Gasteiger partial charge on any atom is 0.420 e. The summed E-state index contributed by atoms with van der Waals surface area (Å²) in [5.41, 5.74) is 7.54. The number of nitrogen functional groups attached to an aromatic ring is 2. The molecule has 0 bridgehead atoms. The highest BCUT2D eigenvalue weighted by Gasteiger charge is 2.70. The van der Waals surface area contributed by atoms with E-state index in [4.69, 9.17) is 32.5 Å². The molecule has 5 aromatic rings. The maximum absolute atomic E-state index is 17.5. The first-order chi connectivity index (χ1) is 27.5. The molecule has 4 N–H and O–H groups in total. The molecule has 0 unspecified atom stereocenters. The number of benzene rings is 2. The van der Waals surface area contributed by atoms with Gasteiger partial charge in [-0.3, -0.25) is 0 Å². The van der Waals surface area contributed by atoms with Crippen molar-refractivity contribution in [3.8, 4) is 29.0 Å². The van der Waals surface area contributed by atoms with Crippen molar-refractivity contribution in [1.82, 2.24) is 19.9 Å². The average Bonchev–Trinajstić information content (AvgIpc) is 4.03. The zero-order valence-electron chi connectivity index (χ0n) is 30.8. The SMILES string of the molecule is C[C@H](c1cc(Cl)cnc1N)N1CCOc2c(C(F)(F)F)c(-c3ccc(F)c4sc(N)c(C#N)c34)c(F)c3nc(OCC4(CN5CCC6(CC5)CC6(F)F)CC4)nc1c23. The van der Waals surface area contributed by atoms with E-state index in [1.54, 1.807) is 17.9 Å². The van der Waals surface area contributed by atoms with Gasteiger partial charge in [0.25, 0.3) is 5.92 Å². The van der Waals surface area contributed by atoms with Gasteiger partial charge in [0.05, 0.1) is 39.9 Å². The molecule has 3 aromatic heterocycles. The highest BCUT2D eigenvalue weighted by atomic mass is 35.5. The van der Waals surface area contributed by atoms with Gasteiger partial charge in [0.1, 0.15) is 52.0 Å². The van der Waals surface area contributed by atoms with Crippen LogP contribution in [0.25, 0.3) is 32.1 Å². The molecule has 2 saturated carbocycles. The summed E-state index contributed by atoms with van der Waals surface area (Å²) in [6.07, 6.45) is -1.69. The number of anilines is 3. The van der Waals surface area contributed by atoms with Crippen LogP contribution >= 0.6 is 22.9 Å². The zero-order valence-corrected chi connectivity index (χ0v) is 32.3. The quantitative estimate of drug-likeness (QED) is 0.145. The lowest BCUT2D eigenvalue weighted by Crippen LogP contribution is -2.41. The van der Waals surface area contributed by atoms with E-state index in [-0.39, 0.29) is 74.9 Å². The normalized spacial score (nSPS) is 19.8. The van der Waals surface area contributed by atoms with Crippen molar-refractivity contribution < 1.29 is 40.2 Å². The lowest BCUT2D eigenvalue weighted by atomic mass is 9.91. The van der Waals surface area contributed by atoms with Crippen molar-refractivity contribution in [2.45, 2.75) is 57.2 Å².